The van der Waals surface area contributed by atoms with E-state index in [0.717, 1.165) is 57.3 Å². The fraction of sp³-hybridized carbons (Fsp3) is 0.588. The van der Waals surface area contributed by atoms with Gasteiger partial charge in [0, 0.05) is 43.3 Å². The largest absolute Gasteiger partial charge is 0.379 e. The molecule has 0 spiro atoms. The highest BCUT2D eigenvalue weighted by atomic mass is 35.5. The molecule has 1 aromatic carbocycles. The third-order valence-corrected chi connectivity index (χ3v) is 4.57. The van der Waals surface area contributed by atoms with Crippen LogP contribution < -0.4 is 10.6 Å². The lowest BCUT2D eigenvalue weighted by atomic mass is 10.2. The molecule has 1 aliphatic rings. The first-order valence-corrected chi connectivity index (χ1v) is 9.13. The van der Waals surface area contributed by atoms with Crippen molar-refractivity contribution in [1.82, 2.24) is 15.5 Å². The molecule has 0 atom stereocenters. The third-order valence-electron chi connectivity index (χ3n) is 3.98. The topological polar surface area (TPSA) is 48.9 Å². The minimum Gasteiger partial charge on any atom is -0.379 e. The van der Waals surface area contributed by atoms with Crippen LogP contribution in [0.15, 0.2) is 23.2 Å². The van der Waals surface area contributed by atoms with E-state index in [4.69, 9.17) is 27.9 Å². The number of halogens is 2. The third kappa shape index (κ3) is 6.85. The average Bonchev–Trinajstić information content (AvgIpc) is 2.59. The maximum Gasteiger partial charge on any atom is 0.191 e. The van der Waals surface area contributed by atoms with Crippen LogP contribution in [0.5, 0.6) is 0 Å². The van der Waals surface area contributed by atoms with Crippen molar-refractivity contribution in [3.8, 4) is 0 Å². The Morgan fingerprint density at radius 1 is 1.21 bits per heavy atom. The van der Waals surface area contributed by atoms with E-state index in [1.807, 2.05) is 12.1 Å². The van der Waals surface area contributed by atoms with E-state index in [1.165, 1.54) is 6.42 Å². The van der Waals surface area contributed by atoms with Crippen molar-refractivity contribution in [1.29, 1.82) is 0 Å². The lowest BCUT2D eigenvalue weighted by molar-refractivity contribution is 0.0372. The normalized spacial score (nSPS) is 16.2. The van der Waals surface area contributed by atoms with Gasteiger partial charge in [-0.2, -0.15) is 0 Å². The standard InChI is InChI=1S/C17H26Cl2N4O/c1-20-17(22-13-14-4-5-15(18)12-16(14)19)21-6-2-3-7-23-8-10-24-11-9-23/h4-5,12H,2-3,6-11,13H2,1H3,(H2,20,21,22). The number of aliphatic imine (C=N–C) groups is 1. The van der Waals surface area contributed by atoms with Crippen molar-refractivity contribution < 1.29 is 4.74 Å². The summed E-state index contributed by atoms with van der Waals surface area (Å²) in [5.41, 5.74) is 0.997. The maximum atomic E-state index is 6.18. The van der Waals surface area contributed by atoms with Gasteiger partial charge < -0.3 is 15.4 Å². The Hall–Kier alpha value is -1.01. The molecule has 24 heavy (non-hydrogen) atoms. The molecule has 1 aliphatic heterocycles. The van der Waals surface area contributed by atoms with Crippen LogP contribution in [-0.2, 0) is 11.3 Å². The van der Waals surface area contributed by atoms with Gasteiger partial charge in [-0.1, -0.05) is 29.3 Å². The van der Waals surface area contributed by atoms with Crippen LogP contribution in [0, 0.1) is 0 Å². The molecule has 0 amide bonds. The predicted molar refractivity (Wildman–Crippen MR) is 101 cm³/mol. The number of guanidine groups is 1. The zero-order valence-electron chi connectivity index (χ0n) is 14.2. The molecule has 0 aromatic heterocycles. The number of rotatable bonds is 7. The highest BCUT2D eigenvalue weighted by molar-refractivity contribution is 6.35. The first kappa shape index (κ1) is 19.3. The smallest absolute Gasteiger partial charge is 0.191 e. The summed E-state index contributed by atoms with van der Waals surface area (Å²) in [5.74, 6) is 0.785. The first-order valence-electron chi connectivity index (χ1n) is 8.37. The minimum absolute atomic E-state index is 0.615. The summed E-state index contributed by atoms with van der Waals surface area (Å²) < 4.78 is 5.36. The predicted octanol–water partition coefficient (Wildman–Crippen LogP) is 2.77. The maximum absolute atomic E-state index is 6.18. The summed E-state index contributed by atoms with van der Waals surface area (Å²) in [4.78, 5) is 6.69. The highest BCUT2D eigenvalue weighted by Crippen LogP contribution is 2.20. The molecule has 5 nitrogen and oxygen atoms in total. The number of benzene rings is 1. The summed E-state index contributed by atoms with van der Waals surface area (Å²) in [7, 11) is 1.77. The van der Waals surface area contributed by atoms with E-state index in [2.05, 4.69) is 20.5 Å². The van der Waals surface area contributed by atoms with Gasteiger partial charge in [0.25, 0.3) is 0 Å². The van der Waals surface area contributed by atoms with Crippen LogP contribution in [0.25, 0.3) is 0 Å². The second-order valence-electron chi connectivity index (χ2n) is 5.75. The number of unbranched alkanes of at least 4 members (excludes halogenated alkanes) is 1. The van der Waals surface area contributed by atoms with Crippen LogP contribution in [0.4, 0.5) is 0 Å². The SMILES string of the molecule is CN=C(NCCCCN1CCOCC1)NCc1ccc(Cl)cc1Cl. The fourth-order valence-electron chi connectivity index (χ4n) is 2.56. The molecule has 2 N–H and O–H groups in total. The van der Waals surface area contributed by atoms with Gasteiger partial charge in [-0.05, 0) is 37.1 Å². The van der Waals surface area contributed by atoms with Gasteiger partial charge >= 0.3 is 0 Å². The first-order chi connectivity index (χ1) is 11.7. The zero-order valence-corrected chi connectivity index (χ0v) is 15.7. The molecule has 0 aliphatic carbocycles. The number of hydrogen-bond donors (Lipinski definition) is 2. The van der Waals surface area contributed by atoms with Crippen molar-refractivity contribution in [2.24, 2.45) is 4.99 Å². The van der Waals surface area contributed by atoms with E-state index in [-0.39, 0.29) is 0 Å². The Labute approximate surface area is 154 Å². The molecule has 1 heterocycles. The molecule has 1 aromatic rings. The summed E-state index contributed by atoms with van der Waals surface area (Å²) >= 11 is 12.1. The fourth-order valence-corrected chi connectivity index (χ4v) is 3.03. The van der Waals surface area contributed by atoms with Crippen molar-refractivity contribution in [3.05, 3.63) is 33.8 Å². The van der Waals surface area contributed by atoms with Crippen molar-refractivity contribution in [2.75, 3.05) is 46.4 Å². The van der Waals surface area contributed by atoms with Crippen LogP contribution in [0.2, 0.25) is 10.0 Å². The number of ether oxygens (including phenoxy) is 1. The molecular weight excluding hydrogens is 347 g/mol. The second-order valence-corrected chi connectivity index (χ2v) is 6.59. The van der Waals surface area contributed by atoms with E-state index < -0.39 is 0 Å². The zero-order chi connectivity index (χ0) is 17.2. The van der Waals surface area contributed by atoms with Gasteiger partial charge in [0.2, 0.25) is 0 Å². The monoisotopic (exact) mass is 372 g/mol. The number of morpholine rings is 1. The Bertz CT molecular complexity index is 533. The molecule has 134 valence electrons. The summed E-state index contributed by atoms with van der Waals surface area (Å²) in [6.07, 6.45) is 2.28. The van der Waals surface area contributed by atoms with E-state index in [1.54, 1.807) is 13.1 Å². The number of hydrogen-bond acceptors (Lipinski definition) is 3. The van der Waals surface area contributed by atoms with Crippen LogP contribution in [-0.4, -0.2) is 57.3 Å². The van der Waals surface area contributed by atoms with Crippen molar-refractivity contribution >= 4 is 29.2 Å². The molecule has 1 fully saturated rings. The van der Waals surface area contributed by atoms with Gasteiger partial charge in [0.15, 0.2) is 5.96 Å². The molecule has 0 unspecified atom stereocenters. The lowest BCUT2D eigenvalue weighted by Gasteiger charge is -2.26. The molecule has 0 saturated carbocycles. The molecule has 0 bridgehead atoms. The van der Waals surface area contributed by atoms with Crippen LogP contribution in [0.1, 0.15) is 18.4 Å². The van der Waals surface area contributed by atoms with E-state index in [0.29, 0.717) is 16.6 Å². The summed E-state index contributed by atoms with van der Waals surface area (Å²) in [6, 6.07) is 5.52. The minimum atomic E-state index is 0.615. The van der Waals surface area contributed by atoms with Gasteiger partial charge in [0.1, 0.15) is 0 Å². The molecule has 1 saturated heterocycles. The quantitative estimate of drug-likeness (QED) is 0.438. The average molecular weight is 373 g/mol. The van der Waals surface area contributed by atoms with Gasteiger partial charge in [-0.25, -0.2) is 0 Å². The van der Waals surface area contributed by atoms with Crippen molar-refractivity contribution in [3.63, 3.8) is 0 Å². The van der Waals surface area contributed by atoms with Gasteiger partial charge in [-0.15, -0.1) is 0 Å². The Kier molecular flexibility index (Phi) is 8.67. The van der Waals surface area contributed by atoms with E-state index >= 15 is 0 Å². The van der Waals surface area contributed by atoms with Crippen LogP contribution >= 0.6 is 23.2 Å². The Morgan fingerprint density at radius 2 is 2.00 bits per heavy atom. The second kappa shape index (κ2) is 10.8. The lowest BCUT2D eigenvalue weighted by Crippen LogP contribution is -2.38. The Morgan fingerprint density at radius 3 is 2.71 bits per heavy atom. The van der Waals surface area contributed by atoms with Gasteiger partial charge in [-0.3, -0.25) is 9.89 Å². The highest BCUT2D eigenvalue weighted by Gasteiger charge is 2.09. The molecule has 0 radical (unpaired) electrons. The van der Waals surface area contributed by atoms with Crippen LogP contribution in [0.3, 0.4) is 0 Å². The molecule has 7 heteroatoms. The van der Waals surface area contributed by atoms with E-state index in [9.17, 15) is 0 Å². The molecular formula is C17H26Cl2N4O. The summed E-state index contributed by atoms with van der Waals surface area (Å²) in [5, 5.41) is 7.91. The Balaban J connectivity index is 1.61. The van der Waals surface area contributed by atoms with Crippen molar-refractivity contribution in [2.45, 2.75) is 19.4 Å². The van der Waals surface area contributed by atoms with Gasteiger partial charge in [0.05, 0.1) is 13.2 Å². The number of nitrogens with zero attached hydrogens (tertiary/aromatic N) is 2. The summed E-state index contributed by atoms with van der Waals surface area (Å²) in [6.45, 7) is 6.49. The number of nitrogens with one attached hydrogen (secondary N) is 2. The molecule has 2 rings (SSSR count).